The lowest BCUT2D eigenvalue weighted by Gasteiger charge is -2.16. The van der Waals surface area contributed by atoms with Gasteiger partial charge in [0.2, 0.25) is 0 Å². The van der Waals surface area contributed by atoms with Gasteiger partial charge in [-0.05, 0) is 37.2 Å². The maximum absolute atomic E-state index is 15.1. The summed E-state index contributed by atoms with van der Waals surface area (Å²) in [6, 6.07) is 6.06. The maximum atomic E-state index is 15.1. The zero-order valence-corrected chi connectivity index (χ0v) is 18.5. The molecule has 1 aromatic heterocycles. The second-order valence-electron chi connectivity index (χ2n) is 6.94. The average molecular weight is 504 g/mol. The van der Waals surface area contributed by atoms with Crippen molar-refractivity contribution in [2.24, 2.45) is 0 Å². The van der Waals surface area contributed by atoms with Crippen LogP contribution in [0.2, 0.25) is 0 Å². The number of rotatable bonds is 5. The molecule has 0 bridgehead atoms. The van der Waals surface area contributed by atoms with Crippen LogP contribution >= 0.6 is 24.8 Å². The van der Waals surface area contributed by atoms with Crippen LogP contribution in [0.4, 0.5) is 23.2 Å². The molecule has 0 radical (unpaired) electrons. The molecule has 5 nitrogen and oxygen atoms in total. The third-order valence-corrected chi connectivity index (χ3v) is 4.89. The summed E-state index contributed by atoms with van der Waals surface area (Å²) in [6.07, 6.45) is 3.48. The third-order valence-electron chi connectivity index (χ3n) is 4.89. The quantitative estimate of drug-likeness (QED) is 0.473. The molecule has 0 unspecified atom stereocenters. The third kappa shape index (κ3) is 5.55. The molecule has 0 saturated carbocycles. The number of hydrogen-bond donors (Lipinski definition) is 2. The Kier molecular flexibility index (Phi) is 9.04. The van der Waals surface area contributed by atoms with E-state index in [1.54, 1.807) is 6.07 Å². The number of ether oxygens (including phenoxy) is 1. The van der Waals surface area contributed by atoms with Gasteiger partial charge in [-0.25, -0.2) is 17.6 Å². The highest BCUT2D eigenvalue weighted by atomic mass is 35.5. The minimum absolute atomic E-state index is 0. The van der Waals surface area contributed by atoms with E-state index in [1.165, 1.54) is 12.4 Å². The number of nitrogens with one attached hydrogen (secondary N) is 2. The van der Waals surface area contributed by atoms with Crippen LogP contribution < -0.4 is 15.4 Å². The van der Waals surface area contributed by atoms with Crippen LogP contribution in [0.15, 0.2) is 48.8 Å². The second kappa shape index (κ2) is 11.3. The van der Waals surface area contributed by atoms with Crippen molar-refractivity contribution in [2.45, 2.75) is 12.5 Å². The lowest BCUT2D eigenvalue weighted by molar-refractivity contribution is 0.102. The van der Waals surface area contributed by atoms with E-state index >= 15 is 4.39 Å². The monoisotopic (exact) mass is 503 g/mol. The molecule has 1 fully saturated rings. The molecule has 2 heterocycles. The molecule has 1 atom stereocenters. The Labute approximate surface area is 199 Å². The minimum atomic E-state index is -1.38. The number of carbonyl (C=O) groups is 1. The average Bonchev–Trinajstić information content (AvgIpc) is 3.24. The predicted molar refractivity (Wildman–Crippen MR) is 120 cm³/mol. The summed E-state index contributed by atoms with van der Waals surface area (Å²) in [5.74, 6) is -5.49. The number of anilines is 1. The van der Waals surface area contributed by atoms with Gasteiger partial charge < -0.3 is 15.4 Å². The predicted octanol–water partition coefficient (Wildman–Crippen LogP) is 5.14. The van der Waals surface area contributed by atoms with Crippen LogP contribution in [0.1, 0.15) is 16.8 Å². The Balaban J connectivity index is 0.00000193. The Bertz CT molecular complexity index is 1120. The van der Waals surface area contributed by atoms with Crippen molar-refractivity contribution in [2.75, 3.05) is 18.4 Å². The van der Waals surface area contributed by atoms with Crippen molar-refractivity contribution in [1.82, 2.24) is 10.3 Å². The Hall–Kier alpha value is -2.88. The van der Waals surface area contributed by atoms with Crippen molar-refractivity contribution in [1.29, 1.82) is 0 Å². The number of nitrogens with zero attached hydrogens (tertiary/aromatic N) is 1. The van der Waals surface area contributed by atoms with Gasteiger partial charge in [-0.3, -0.25) is 9.78 Å². The van der Waals surface area contributed by atoms with Gasteiger partial charge in [0.1, 0.15) is 40.8 Å². The maximum Gasteiger partial charge on any atom is 0.258 e. The highest BCUT2D eigenvalue weighted by Crippen LogP contribution is 2.33. The molecule has 2 aromatic carbocycles. The Morgan fingerprint density at radius 1 is 1.00 bits per heavy atom. The van der Waals surface area contributed by atoms with Crippen LogP contribution in [0.25, 0.3) is 11.1 Å². The van der Waals surface area contributed by atoms with E-state index in [1.807, 2.05) is 0 Å². The molecule has 2 N–H and O–H groups in total. The first-order valence-corrected chi connectivity index (χ1v) is 9.51. The molecule has 4 rings (SSSR count). The van der Waals surface area contributed by atoms with Crippen molar-refractivity contribution in [3.8, 4) is 16.9 Å². The van der Waals surface area contributed by atoms with Crippen LogP contribution in [-0.4, -0.2) is 30.1 Å². The van der Waals surface area contributed by atoms with Gasteiger partial charge in [0, 0.05) is 18.8 Å². The fraction of sp³-hybridized carbons (Fsp3) is 0.182. The van der Waals surface area contributed by atoms with Crippen LogP contribution in [0, 0.1) is 23.3 Å². The first-order valence-electron chi connectivity index (χ1n) is 9.51. The number of pyridine rings is 1. The summed E-state index contributed by atoms with van der Waals surface area (Å²) in [7, 11) is 0. The molecule has 1 saturated heterocycles. The molecule has 0 spiro atoms. The van der Waals surface area contributed by atoms with Crippen molar-refractivity contribution >= 4 is 36.4 Å². The fourth-order valence-corrected chi connectivity index (χ4v) is 3.37. The first-order chi connectivity index (χ1) is 15.0. The standard InChI is InChI=1S/C22H17F4N3O2.2ClH/c23-14-2-1-3-15(24)19(14)20-16(25)5-4-13(21(20)26)22(30)29-17-11-28-9-7-18(17)31-12-6-8-27-10-12;;/h1-5,7,9,11-12,27H,6,8,10H2,(H,29,30);2*1H/t12-;;/m1../s1. The molecule has 3 aromatic rings. The summed E-state index contributed by atoms with van der Waals surface area (Å²) in [5.41, 5.74) is -2.24. The van der Waals surface area contributed by atoms with E-state index in [2.05, 4.69) is 15.6 Å². The van der Waals surface area contributed by atoms with Crippen LogP contribution in [0.3, 0.4) is 0 Å². The largest absolute Gasteiger partial charge is 0.487 e. The normalized spacial score (nSPS) is 14.7. The molecular formula is C22H19Cl2F4N3O2. The molecule has 0 aliphatic carbocycles. The van der Waals surface area contributed by atoms with E-state index < -0.39 is 45.9 Å². The highest BCUT2D eigenvalue weighted by molar-refractivity contribution is 6.06. The van der Waals surface area contributed by atoms with Gasteiger partial charge in [0.25, 0.3) is 5.91 Å². The van der Waals surface area contributed by atoms with Crippen LogP contribution in [-0.2, 0) is 0 Å². The summed E-state index contributed by atoms with van der Waals surface area (Å²) in [6.45, 7) is 1.44. The zero-order valence-electron chi connectivity index (χ0n) is 16.9. The van der Waals surface area contributed by atoms with E-state index in [-0.39, 0.29) is 36.6 Å². The number of halogens is 6. The number of aromatic nitrogens is 1. The van der Waals surface area contributed by atoms with Gasteiger partial charge in [0.15, 0.2) is 0 Å². The minimum Gasteiger partial charge on any atom is -0.487 e. The molecule has 1 aliphatic rings. The van der Waals surface area contributed by atoms with Crippen LogP contribution in [0.5, 0.6) is 5.75 Å². The second-order valence-corrected chi connectivity index (χ2v) is 6.94. The van der Waals surface area contributed by atoms with E-state index in [0.29, 0.717) is 12.3 Å². The van der Waals surface area contributed by atoms with E-state index in [4.69, 9.17) is 4.74 Å². The fourth-order valence-electron chi connectivity index (χ4n) is 3.37. The van der Waals surface area contributed by atoms with Gasteiger partial charge in [-0.1, -0.05) is 6.07 Å². The summed E-state index contributed by atoms with van der Waals surface area (Å²) in [4.78, 5) is 16.7. The first kappa shape index (κ1) is 26.4. The molecular weight excluding hydrogens is 485 g/mol. The Morgan fingerprint density at radius 2 is 1.70 bits per heavy atom. The van der Waals surface area contributed by atoms with Crippen molar-refractivity contribution in [3.63, 3.8) is 0 Å². The Morgan fingerprint density at radius 3 is 2.36 bits per heavy atom. The molecule has 33 heavy (non-hydrogen) atoms. The summed E-state index contributed by atoms with van der Waals surface area (Å²) < 4.78 is 63.5. The smallest absolute Gasteiger partial charge is 0.258 e. The van der Waals surface area contributed by atoms with Crippen molar-refractivity contribution < 1.29 is 27.1 Å². The summed E-state index contributed by atoms with van der Waals surface area (Å²) in [5, 5.41) is 5.62. The number of hydrogen-bond acceptors (Lipinski definition) is 4. The zero-order chi connectivity index (χ0) is 22.0. The SMILES string of the molecule is Cl.Cl.O=C(Nc1cnccc1O[C@@H]1CCNC1)c1ccc(F)c(-c2c(F)cccc2F)c1F. The number of benzene rings is 2. The van der Waals surface area contributed by atoms with E-state index in [9.17, 15) is 18.0 Å². The van der Waals surface area contributed by atoms with Gasteiger partial charge >= 0.3 is 0 Å². The van der Waals surface area contributed by atoms with Gasteiger partial charge in [-0.15, -0.1) is 24.8 Å². The molecule has 176 valence electrons. The lowest BCUT2D eigenvalue weighted by Crippen LogP contribution is -2.21. The van der Waals surface area contributed by atoms with Gasteiger partial charge in [-0.2, -0.15) is 0 Å². The summed E-state index contributed by atoms with van der Waals surface area (Å²) >= 11 is 0. The van der Waals surface area contributed by atoms with E-state index in [0.717, 1.165) is 43.3 Å². The molecule has 1 aliphatic heterocycles. The molecule has 1 amide bonds. The van der Waals surface area contributed by atoms with Crippen molar-refractivity contribution in [3.05, 3.63) is 77.6 Å². The highest BCUT2D eigenvalue weighted by Gasteiger charge is 2.25. The van der Waals surface area contributed by atoms with Gasteiger partial charge in [0.05, 0.1) is 22.9 Å². The number of amides is 1. The molecule has 11 heteroatoms. The lowest BCUT2D eigenvalue weighted by atomic mass is 9.99. The number of carbonyl (C=O) groups excluding carboxylic acids is 1. The topological polar surface area (TPSA) is 63.2 Å².